The minimum atomic E-state index is -0.0453. The Balaban J connectivity index is 2.20. The van der Waals surface area contributed by atoms with Crippen molar-refractivity contribution in [1.29, 1.82) is 0 Å². The molecule has 0 bridgehead atoms. The molecule has 1 heterocycles. The summed E-state index contributed by atoms with van der Waals surface area (Å²) in [7, 11) is 0. The largest absolute Gasteiger partial charge is 0.493 e. The summed E-state index contributed by atoms with van der Waals surface area (Å²) in [6.45, 7) is 8.73. The van der Waals surface area contributed by atoms with Gasteiger partial charge in [-0.15, -0.1) is 0 Å². The summed E-state index contributed by atoms with van der Waals surface area (Å²) in [6.07, 6.45) is 0. The number of likely N-dealkylation sites (N-methyl/N-ethyl adjacent to an activating group) is 1. The third-order valence-corrected chi connectivity index (χ3v) is 4.06. The molecule has 0 saturated carbocycles. The lowest BCUT2D eigenvalue weighted by molar-refractivity contribution is 0.0639. The molecule has 1 aromatic carbocycles. The standard InChI is InChI=1S/C15H22ClN3O2/c1-3-18-5-7-19(8-6-18)15(20)11-9-12(16)13(17)10-14(11)21-4-2/h9-10H,3-8,17H2,1-2H3. The molecule has 1 aliphatic rings. The molecule has 0 aromatic heterocycles. The van der Waals surface area contributed by atoms with Crippen molar-refractivity contribution in [2.75, 3.05) is 45.1 Å². The molecule has 0 radical (unpaired) electrons. The summed E-state index contributed by atoms with van der Waals surface area (Å²) in [6, 6.07) is 3.23. The lowest BCUT2D eigenvalue weighted by atomic mass is 10.1. The van der Waals surface area contributed by atoms with Gasteiger partial charge in [-0.25, -0.2) is 0 Å². The van der Waals surface area contributed by atoms with Gasteiger partial charge in [0.2, 0.25) is 0 Å². The van der Waals surface area contributed by atoms with Gasteiger partial charge in [0.05, 0.1) is 22.9 Å². The van der Waals surface area contributed by atoms with E-state index in [1.165, 1.54) is 0 Å². The van der Waals surface area contributed by atoms with Crippen LogP contribution in [-0.4, -0.2) is 55.0 Å². The van der Waals surface area contributed by atoms with Gasteiger partial charge in [0.15, 0.2) is 0 Å². The Hall–Kier alpha value is -1.46. The van der Waals surface area contributed by atoms with Gasteiger partial charge in [0.1, 0.15) is 5.75 Å². The number of nitrogens with two attached hydrogens (primary N) is 1. The van der Waals surface area contributed by atoms with Gasteiger partial charge < -0.3 is 20.3 Å². The van der Waals surface area contributed by atoms with E-state index in [1.54, 1.807) is 12.1 Å². The first-order valence-corrected chi connectivity index (χ1v) is 7.68. The van der Waals surface area contributed by atoms with Crippen LogP contribution in [-0.2, 0) is 0 Å². The Morgan fingerprint density at radius 3 is 2.52 bits per heavy atom. The normalized spacial score (nSPS) is 16.0. The molecule has 2 N–H and O–H groups in total. The molecule has 1 aromatic rings. The molecule has 116 valence electrons. The maximum absolute atomic E-state index is 12.7. The van der Waals surface area contributed by atoms with Crippen molar-refractivity contribution in [3.63, 3.8) is 0 Å². The molecular weight excluding hydrogens is 290 g/mol. The number of hydrogen-bond acceptors (Lipinski definition) is 4. The van der Waals surface area contributed by atoms with Crippen LogP contribution in [0.4, 0.5) is 5.69 Å². The Labute approximate surface area is 130 Å². The first kappa shape index (κ1) is 15.9. The van der Waals surface area contributed by atoms with E-state index < -0.39 is 0 Å². The zero-order valence-electron chi connectivity index (χ0n) is 12.6. The molecule has 1 aliphatic heterocycles. The summed E-state index contributed by atoms with van der Waals surface area (Å²) in [5.74, 6) is 0.457. The highest BCUT2D eigenvalue weighted by atomic mass is 35.5. The number of halogens is 1. The van der Waals surface area contributed by atoms with E-state index >= 15 is 0 Å². The number of carbonyl (C=O) groups excluding carboxylic acids is 1. The summed E-state index contributed by atoms with van der Waals surface area (Å²) in [5, 5.41) is 0.383. The van der Waals surface area contributed by atoms with E-state index in [0.29, 0.717) is 28.6 Å². The molecule has 0 atom stereocenters. The molecule has 1 fully saturated rings. The van der Waals surface area contributed by atoms with Gasteiger partial charge in [-0.05, 0) is 19.5 Å². The minimum Gasteiger partial charge on any atom is -0.493 e. The molecule has 5 nitrogen and oxygen atoms in total. The van der Waals surface area contributed by atoms with Crippen LogP contribution in [0, 0.1) is 0 Å². The van der Waals surface area contributed by atoms with Crippen LogP contribution in [0.25, 0.3) is 0 Å². The highest BCUT2D eigenvalue weighted by Gasteiger charge is 2.24. The lowest BCUT2D eigenvalue weighted by Gasteiger charge is -2.34. The van der Waals surface area contributed by atoms with Crippen molar-refractivity contribution >= 4 is 23.2 Å². The third kappa shape index (κ3) is 3.60. The number of piperazine rings is 1. The molecule has 0 aliphatic carbocycles. The summed E-state index contributed by atoms with van der Waals surface area (Å²) in [5.41, 5.74) is 6.70. The van der Waals surface area contributed by atoms with Crippen LogP contribution in [0.1, 0.15) is 24.2 Å². The van der Waals surface area contributed by atoms with Crippen LogP contribution in [0.5, 0.6) is 5.75 Å². The number of rotatable bonds is 4. The molecule has 0 unspecified atom stereocenters. The average molecular weight is 312 g/mol. The van der Waals surface area contributed by atoms with Crippen LogP contribution < -0.4 is 10.5 Å². The number of carbonyl (C=O) groups is 1. The van der Waals surface area contributed by atoms with Crippen molar-refractivity contribution in [2.45, 2.75) is 13.8 Å². The van der Waals surface area contributed by atoms with Crippen molar-refractivity contribution in [3.8, 4) is 5.75 Å². The molecule has 1 saturated heterocycles. The van der Waals surface area contributed by atoms with Crippen molar-refractivity contribution in [2.24, 2.45) is 0 Å². The average Bonchev–Trinajstić information content (AvgIpc) is 2.50. The number of benzene rings is 1. The van der Waals surface area contributed by atoms with Gasteiger partial charge >= 0.3 is 0 Å². The number of nitrogen functional groups attached to an aromatic ring is 1. The zero-order valence-corrected chi connectivity index (χ0v) is 13.3. The fourth-order valence-electron chi connectivity index (χ4n) is 2.45. The smallest absolute Gasteiger partial charge is 0.257 e. The predicted octanol–water partition coefficient (Wildman–Crippen LogP) is 2.10. The first-order chi connectivity index (χ1) is 10.1. The number of nitrogens with zero attached hydrogens (tertiary/aromatic N) is 2. The van der Waals surface area contributed by atoms with Crippen molar-refractivity contribution in [3.05, 3.63) is 22.7 Å². The van der Waals surface area contributed by atoms with Gasteiger partial charge in [-0.2, -0.15) is 0 Å². The SMILES string of the molecule is CCOc1cc(N)c(Cl)cc1C(=O)N1CCN(CC)CC1. The summed E-state index contributed by atoms with van der Waals surface area (Å²) in [4.78, 5) is 16.8. The van der Waals surface area contributed by atoms with Gasteiger partial charge in [0.25, 0.3) is 5.91 Å². The Morgan fingerprint density at radius 1 is 1.29 bits per heavy atom. The number of anilines is 1. The molecule has 21 heavy (non-hydrogen) atoms. The van der Waals surface area contributed by atoms with Crippen LogP contribution in [0.2, 0.25) is 5.02 Å². The molecule has 0 spiro atoms. The predicted molar refractivity (Wildman–Crippen MR) is 85.1 cm³/mol. The Bertz CT molecular complexity index is 514. The first-order valence-electron chi connectivity index (χ1n) is 7.30. The molecule has 1 amide bonds. The van der Waals surface area contributed by atoms with Crippen LogP contribution in [0.15, 0.2) is 12.1 Å². The second kappa shape index (κ2) is 7.00. The maximum atomic E-state index is 12.7. The highest BCUT2D eigenvalue weighted by molar-refractivity contribution is 6.33. The van der Waals surface area contributed by atoms with Gasteiger partial charge in [0, 0.05) is 32.2 Å². The van der Waals surface area contributed by atoms with E-state index in [4.69, 9.17) is 22.1 Å². The lowest BCUT2D eigenvalue weighted by Crippen LogP contribution is -2.48. The quantitative estimate of drug-likeness (QED) is 0.865. The molecule has 2 rings (SSSR count). The minimum absolute atomic E-state index is 0.0453. The topological polar surface area (TPSA) is 58.8 Å². The van der Waals surface area contributed by atoms with E-state index in [1.807, 2.05) is 11.8 Å². The van der Waals surface area contributed by atoms with Crippen molar-refractivity contribution < 1.29 is 9.53 Å². The highest BCUT2D eigenvalue weighted by Crippen LogP contribution is 2.30. The van der Waals surface area contributed by atoms with E-state index in [9.17, 15) is 4.79 Å². The third-order valence-electron chi connectivity index (χ3n) is 3.74. The fourth-order valence-corrected chi connectivity index (χ4v) is 2.61. The van der Waals surface area contributed by atoms with Crippen LogP contribution in [0.3, 0.4) is 0 Å². The zero-order chi connectivity index (χ0) is 15.4. The van der Waals surface area contributed by atoms with E-state index in [-0.39, 0.29) is 5.91 Å². The number of amides is 1. The maximum Gasteiger partial charge on any atom is 0.257 e. The number of ether oxygens (including phenoxy) is 1. The monoisotopic (exact) mass is 311 g/mol. The van der Waals surface area contributed by atoms with E-state index in [0.717, 1.165) is 32.7 Å². The Morgan fingerprint density at radius 2 is 1.95 bits per heavy atom. The fraction of sp³-hybridized carbons (Fsp3) is 0.533. The molecular formula is C15H22ClN3O2. The summed E-state index contributed by atoms with van der Waals surface area (Å²) >= 11 is 6.06. The van der Waals surface area contributed by atoms with Gasteiger partial charge in [-0.1, -0.05) is 18.5 Å². The van der Waals surface area contributed by atoms with E-state index in [2.05, 4.69) is 11.8 Å². The second-order valence-electron chi connectivity index (χ2n) is 5.03. The number of hydrogen-bond donors (Lipinski definition) is 1. The van der Waals surface area contributed by atoms with Gasteiger partial charge in [-0.3, -0.25) is 4.79 Å². The molecule has 6 heteroatoms. The second-order valence-corrected chi connectivity index (χ2v) is 5.44. The van der Waals surface area contributed by atoms with Crippen molar-refractivity contribution in [1.82, 2.24) is 9.80 Å². The van der Waals surface area contributed by atoms with Crippen LogP contribution >= 0.6 is 11.6 Å². The summed E-state index contributed by atoms with van der Waals surface area (Å²) < 4.78 is 5.53. The Kier molecular flexibility index (Phi) is 5.31.